The number of esters is 1. The summed E-state index contributed by atoms with van der Waals surface area (Å²) in [5.41, 5.74) is 2.69. The van der Waals surface area contributed by atoms with Gasteiger partial charge in [0, 0.05) is 18.4 Å². The van der Waals surface area contributed by atoms with E-state index in [1.165, 1.54) is 12.1 Å². The van der Waals surface area contributed by atoms with Crippen LogP contribution in [-0.4, -0.2) is 23.2 Å². The number of rotatable bonds is 9. The van der Waals surface area contributed by atoms with Crippen molar-refractivity contribution in [1.29, 1.82) is 0 Å². The van der Waals surface area contributed by atoms with Crippen molar-refractivity contribution in [3.05, 3.63) is 95.6 Å². The minimum Gasteiger partial charge on any atom is -0.466 e. The van der Waals surface area contributed by atoms with Crippen LogP contribution in [0.3, 0.4) is 0 Å². The molecule has 1 heterocycles. The number of carbonyl (C=O) groups is 2. The van der Waals surface area contributed by atoms with Gasteiger partial charge in [0.2, 0.25) is 0 Å². The number of amides is 2. The Balaban J connectivity index is 1.60. The molecule has 3 rings (SSSR count). The van der Waals surface area contributed by atoms with Gasteiger partial charge in [-0.3, -0.25) is 4.79 Å². The van der Waals surface area contributed by atoms with Crippen molar-refractivity contribution in [1.82, 2.24) is 15.2 Å². The van der Waals surface area contributed by atoms with E-state index >= 15 is 0 Å². The summed E-state index contributed by atoms with van der Waals surface area (Å²) in [5, 5.41) is 5.70. The highest BCUT2D eigenvalue weighted by atomic mass is 19.1. The lowest BCUT2D eigenvalue weighted by Gasteiger charge is -2.19. The van der Waals surface area contributed by atoms with Crippen LogP contribution in [0.1, 0.15) is 36.2 Å². The Hall–Kier alpha value is -3.61. The minimum atomic E-state index is -0.494. The third kappa shape index (κ3) is 6.70. The van der Waals surface area contributed by atoms with Crippen LogP contribution in [0.2, 0.25) is 0 Å². The number of halogens is 1. The van der Waals surface area contributed by atoms with Crippen LogP contribution in [0.15, 0.2) is 72.9 Å². The van der Waals surface area contributed by atoms with Crippen molar-refractivity contribution < 1.29 is 18.7 Å². The van der Waals surface area contributed by atoms with Crippen LogP contribution in [0.25, 0.3) is 0 Å². The van der Waals surface area contributed by atoms with Gasteiger partial charge in [0.05, 0.1) is 25.6 Å². The van der Waals surface area contributed by atoms with Crippen LogP contribution >= 0.6 is 0 Å². The van der Waals surface area contributed by atoms with Gasteiger partial charge in [-0.15, -0.1) is 0 Å². The third-order valence-electron chi connectivity index (χ3n) is 4.80. The van der Waals surface area contributed by atoms with Crippen molar-refractivity contribution in [2.24, 2.45) is 0 Å². The maximum atomic E-state index is 13.1. The smallest absolute Gasteiger partial charge is 0.315 e. The Morgan fingerprint density at radius 1 is 1.03 bits per heavy atom. The average Bonchev–Trinajstić information content (AvgIpc) is 3.21. The quantitative estimate of drug-likeness (QED) is 0.508. The molecule has 0 spiro atoms. The Kier molecular flexibility index (Phi) is 7.81. The molecule has 1 unspecified atom stereocenters. The highest BCUT2D eigenvalue weighted by Crippen LogP contribution is 2.17. The van der Waals surface area contributed by atoms with Gasteiger partial charge in [-0.05, 0) is 42.3 Å². The highest BCUT2D eigenvalue weighted by Gasteiger charge is 2.19. The first-order valence-corrected chi connectivity index (χ1v) is 10.2. The van der Waals surface area contributed by atoms with E-state index < -0.39 is 6.04 Å². The predicted octanol–water partition coefficient (Wildman–Crippen LogP) is 4.17. The summed E-state index contributed by atoms with van der Waals surface area (Å²) >= 11 is 0. The van der Waals surface area contributed by atoms with E-state index in [0.29, 0.717) is 13.1 Å². The van der Waals surface area contributed by atoms with E-state index in [-0.39, 0.29) is 30.8 Å². The highest BCUT2D eigenvalue weighted by molar-refractivity contribution is 5.76. The lowest BCUT2D eigenvalue weighted by molar-refractivity contribution is -0.143. The summed E-state index contributed by atoms with van der Waals surface area (Å²) in [6.07, 6.45) is 1.96. The van der Waals surface area contributed by atoms with Gasteiger partial charge in [-0.25, -0.2) is 9.18 Å². The molecule has 0 fully saturated rings. The maximum Gasteiger partial charge on any atom is 0.315 e. The van der Waals surface area contributed by atoms with Crippen molar-refractivity contribution in [3.8, 4) is 0 Å². The molecule has 0 bridgehead atoms. The molecule has 162 valence electrons. The molecule has 0 saturated carbocycles. The molecule has 0 aliphatic carbocycles. The zero-order valence-corrected chi connectivity index (χ0v) is 17.4. The van der Waals surface area contributed by atoms with Crippen molar-refractivity contribution in [2.45, 2.75) is 32.5 Å². The van der Waals surface area contributed by atoms with Crippen molar-refractivity contribution >= 4 is 12.0 Å². The van der Waals surface area contributed by atoms with Crippen LogP contribution < -0.4 is 10.6 Å². The number of benzene rings is 2. The fraction of sp³-hybridized carbons (Fsp3) is 0.250. The SMILES string of the molecule is CCOC(=O)CC(NC(=O)NCc1cccn1Cc1ccc(F)cc1)c1ccccc1. The van der Waals surface area contributed by atoms with Gasteiger partial charge in [0.1, 0.15) is 5.82 Å². The molecule has 2 N–H and O–H groups in total. The molecule has 0 aliphatic heterocycles. The Labute approximate surface area is 181 Å². The fourth-order valence-electron chi connectivity index (χ4n) is 3.25. The molecule has 0 aliphatic rings. The molecular formula is C24H26FN3O3. The largest absolute Gasteiger partial charge is 0.466 e. The number of nitrogens with one attached hydrogen (secondary N) is 2. The van der Waals surface area contributed by atoms with Gasteiger partial charge >= 0.3 is 12.0 Å². The van der Waals surface area contributed by atoms with Gasteiger partial charge in [0.25, 0.3) is 0 Å². The standard InChI is InChI=1S/C24H26FN3O3/c1-2-31-23(29)15-22(19-7-4-3-5-8-19)27-24(30)26-16-21-9-6-14-28(21)17-18-10-12-20(25)13-11-18/h3-14,22H,2,15-17H2,1H3,(H2,26,27,30). The molecule has 2 amide bonds. The van der Waals surface area contributed by atoms with Crippen LogP contribution in [0, 0.1) is 5.82 Å². The first kappa shape index (κ1) is 22.1. The number of aromatic nitrogens is 1. The lowest BCUT2D eigenvalue weighted by Crippen LogP contribution is -2.38. The lowest BCUT2D eigenvalue weighted by atomic mass is 10.0. The summed E-state index contributed by atoms with van der Waals surface area (Å²) < 4.78 is 20.1. The van der Waals surface area contributed by atoms with Crippen LogP contribution in [0.4, 0.5) is 9.18 Å². The molecule has 3 aromatic rings. The number of hydrogen-bond acceptors (Lipinski definition) is 3. The summed E-state index contributed by atoms with van der Waals surface area (Å²) in [4.78, 5) is 24.5. The van der Waals surface area contributed by atoms with Gasteiger partial charge in [0.15, 0.2) is 0 Å². The van der Waals surface area contributed by atoms with E-state index in [2.05, 4.69) is 10.6 Å². The van der Waals surface area contributed by atoms with E-state index in [4.69, 9.17) is 4.74 Å². The summed E-state index contributed by atoms with van der Waals surface area (Å²) in [7, 11) is 0. The molecule has 1 atom stereocenters. The Morgan fingerprint density at radius 3 is 2.48 bits per heavy atom. The molecule has 31 heavy (non-hydrogen) atoms. The monoisotopic (exact) mass is 423 g/mol. The Morgan fingerprint density at radius 2 is 1.77 bits per heavy atom. The molecule has 6 nitrogen and oxygen atoms in total. The molecular weight excluding hydrogens is 397 g/mol. The second-order valence-corrected chi connectivity index (χ2v) is 7.05. The summed E-state index contributed by atoms with van der Waals surface area (Å²) in [6, 6.07) is 18.6. The van der Waals surface area contributed by atoms with Crippen LogP contribution in [0.5, 0.6) is 0 Å². The normalized spacial score (nSPS) is 11.5. The zero-order valence-electron chi connectivity index (χ0n) is 17.4. The van der Waals surface area contributed by atoms with E-state index in [9.17, 15) is 14.0 Å². The number of urea groups is 1. The van der Waals surface area contributed by atoms with Gasteiger partial charge < -0.3 is 19.9 Å². The van der Waals surface area contributed by atoms with E-state index in [0.717, 1.165) is 16.8 Å². The zero-order chi connectivity index (χ0) is 22.1. The van der Waals surface area contributed by atoms with Crippen molar-refractivity contribution in [2.75, 3.05) is 6.61 Å². The third-order valence-corrected chi connectivity index (χ3v) is 4.80. The molecule has 7 heteroatoms. The summed E-state index contributed by atoms with van der Waals surface area (Å²) in [5.74, 6) is -0.643. The number of ether oxygens (including phenoxy) is 1. The van der Waals surface area contributed by atoms with Gasteiger partial charge in [-0.2, -0.15) is 0 Å². The summed E-state index contributed by atoms with van der Waals surface area (Å²) in [6.45, 7) is 2.91. The first-order valence-electron chi connectivity index (χ1n) is 10.2. The van der Waals surface area contributed by atoms with Gasteiger partial charge in [-0.1, -0.05) is 42.5 Å². The molecule has 0 radical (unpaired) electrons. The topological polar surface area (TPSA) is 72.4 Å². The minimum absolute atomic E-state index is 0.0478. The second kappa shape index (κ2) is 11.0. The predicted molar refractivity (Wildman–Crippen MR) is 116 cm³/mol. The fourth-order valence-corrected chi connectivity index (χ4v) is 3.25. The Bertz CT molecular complexity index is 987. The number of hydrogen-bond donors (Lipinski definition) is 2. The average molecular weight is 423 g/mol. The second-order valence-electron chi connectivity index (χ2n) is 7.05. The molecule has 0 saturated heterocycles. The molecule has 1 aromatic heterocycles. The number of nitrogens with zero attached hydrogens (tertiary/aromatic N) is 1. The molecule has 2 aromatic carbocycles. The first-order chi connectivity index (χ1) is 15.0. The number of carbonyl (C=O) groups excluding carboxylic acids is 2. The van der Waals surface area contributed by atoms with E-state index in [1.807, 2.05) is 53.2 Å². The van der Waals surface area contributed by atoms with E-state index in [1.54, 1.807) is 19.1 Å². The maximum absolute atomic E-state index is 13.1. The van der Waals surface area contributed by atoms with Crippen LogP contribution in [-0.2, 0) is 22.6 Å². The van der Waals surface area contributed by atoms with Crippen molar-refractivity contribution in [3.63, 3.8) is 0 Å².